The molecule has 160 valence electrons. The van der Waals surface area contributed by atoms with E-state index in [9.17, 15) is 4.79 Å². The topological polar surface area (TPSA) is 44.1 Å². The van der Waals surface area contributed by atoms with Crippen LogP contribution in [0, 0.1) is 11.8 Å². The standard InChI is InChI=1S/C28H26N2O2/c1-20-25(26(20)27(31)32-2)24-18-30(19-29-24)28(21-12-6-3-7-13-21,22-14-8-4-9-15-22)23-16-10-5-11-17-23/h3-20,25-26H,1-2H3/t20?,25-,26+/m0/s1. The molecule has 4 heteroatoms. The molecule has 3 atom stereocenters. The van der Waals surface area contributed by atoms with Crippen molar-refractivity contribution in [3.05, 3.63) is 126 Å². The van der Waals surface area contributed by atoms with E-state index in [-0.39, 0.29) is 23.7 Å². The summed E-state index contributed by atoms with van der Waals surface area (Å²) >= 11 is 0. The minimum Gasteiger partial charge on any atom is -0.469 e. The lowest BCUT2D eigenvalue weighted by Gasteiger charge is -2.37. The average Bonchev–Trinajstić information content (AvgIpc) is 3.28. The molecule has 1 saturated carbocycles. The molecule has 0 saturated heterocycles. The molecule has 0 bridgehead atoms. The smallest absolute Gasteiger partial charge is 0.309 e. The monoisotopic (exact) mass is 422 g/mol. The van der Waals surface area contributed by atoms with Gasteiger partial charge in [-0.1, -0.05) is 97.9 Å². The number of carbonyl (C=O) groups excluding carboxylic acids is 1. The summed E-state index contributed by atoms with van der Waals surface area (Å²) in [7, 11) is 1.45. The lowest BCUT2D eigenvalue weighted by Crippen LogP contribution is -2.36. The van der Waals surface area contributed by atoms with Gasteiger partial charge in [0.15, 0.2) is 0 Å². The summed E-state index contributed by atoms with van der Waals surface area (Å²) in [5.41, 5.74) is 3.78. The molecule has 1 aliphatic carbocycles. The molecule has 4 nitrogen and oxygen atoms in total. The highest BCUT2D eigenvalue weighted by Gasteiger charge is 2.55. The van der Waals surface area contributed by atoms with Gasteiger partial charge in [-0.25, -0.2) is 4.98 Å². The van der Waals surface area contributed by atoms with Gasteiger partial charge in [0.1, 0.15) is 5.54 Å². The molecule has 3 aromatic carbocycles. The van der Waals surface area contributed by atoms with Gasteiger partial charge < -0.3 is 9.30 Å². The lowest BCUT2D eigenvalue weighted by molar-refractivity contribution is -0.142. The van der Waals surface area contributed by atoms with E-state index in [1.54, 1.807) is 0 Å². The SMILES string of the molecule is COC(=O)[C@@H]1C(C)[C@H]1c1cn(C(c2ccccc2)(c2ccccc2)c2ccccc2)cn1. The molecule has 1 heterocycles. The first-order valence-corrected chi connectivity index (χ1v) is 11.0. The number of nitrogens with zero attached hydrogens (tertiary/aromatic N) is 2. The number of methoxy groups -OCH3 is 1. The van der Waals surface area contributed by atoms with Crippen LogP contribution in [0.5, 0.6) is 0 Å². The summed E-state index contributed by atoms with van der Waals surface area (Å²) in [6.07, 6.45) is 4.01. The zero-order chi connectivity index (χ0) is 22.1. The quantitative estimate of drug-likeness (QED) is 0.315. The van der Waals surface area contributed by atoms with Crippen molar-refractivity contribution in [2.24, 2.45) is 11.8 Å². The van der Waals surface area contributed by atoms with Crippen LogP contribution in [0.4, 0.5) is 0 Å². The molecule has 0 N–H and O–H groups in total. The minimum atomic E-state index is -0.589. The second kappa shape index (κ2) is 8.12. The van der Waals surface area contributed by atoms with Crippen molar-refractivity contribution in [3.63, 3.8) is 0 Å². The van der Waals surface area contributed by atoms with E-state index in [1.165, 1.54) is 7.11 Å². The Morgan fingerprint density at radius 3 is 1.75 bits per heavy atom. The number of rotatable bonds is 6. The third kappa shape index (κ3) is 3.14. The predicted molar refractivity (Wildman–Crippen MR) is 124 cm³/mol. The minimum absolute atomic E-state index is 0.0868. The third-order valence-electron chi connectivity index (χ3n) is 6.76. The average molecular weight is 423 g/mol. The Morgan fingerprint density at radius 1 is 0.844 bits per heavy atom. The molecular weight excluding hydrogens is 396 g/mol. The molecule has 0 amide bonds. The number of benzene rings is 3. The fourth-order valence-electron chi connectivity index (χ4n) is 5.09. The molecular formula is C28H26N2O2. The Kier molecular flexibility index (Phi) is 5.14. The Balaban J connectivity index is 1.72. The molecule has 0 radical (unpaired) electrons. The van der Waals surface area contributed by atoms with E-state index < -0.39 is 5.54 Å². The Bertz CT molecular complexity index is 1110. The predicted octanol–water partition coefficient (Wildman–Crippen LogP) is 5.25. The number of esters is 1. The van der Waals surface area contributed by atoms with Crippen molar-refractivity contribution in [2.45, 2.75) is 18.4 Å². The van der Waals surface area contributed by atoms with Crippen LogP contribution in [0.3, 0.4) is 0 Å². The lowest BCUT2D eigenvalue weighted by atomic mass is 9.77. The number of aromatic nitrogens is 2. The Morgan fingerprint density at radius 2 is 1.31 bits per heavy atom. The van der Waals surface area contributed by atoms with Crippen LogP contribution in [-0.4, -0.2) is 22.6 Å². The van der Waals surface area contributed by atoms with Gasteiger partial charge in [-0.3, -0.25) is 4.79 Å². The molecule has 32 heavy (non-hydrogen) atoms. The van der Waals surface area contributed by atoms with E-state index in [1.807, 2.05) is 24.5 Å². The van der Waals surface area contributed by atoms with Gasteiger partial charge in [0, 0.05) is 12.1 Å². The largest absolute Gasteiger partial charge is 0.469 e. The van der Waals surface area contributed by atoms with Crippen molar-refractivity contribution in [1.82, 2.24) is 9.55 Å². The Hall–Kier alpha value is -3.66. The van der Waals surface area contributed by atoms with Crippen LogP contribution in [0.15, 0.2) is 104 Å². The van der Waals surface area contributed by atoms with Crippen LogP contribution >= 0.6 is 0 Å². The van der Waals surface area contributed by atoms with E-state index in [0.717, 1.165) is 22.4 Å². The van der Waals surface area contributed by atoms with E-state index >= 15 is 0 Å². The normalized spacial score (nSPS) is 20.0. The molecule has 1 fully saturated rings. The molecule has 1 aliphatic rings. The van der Waals surface area contributed by atoms with Gasteiger partial charge in [0.2, 0.25) is 0 Å². The summed E-state index contributed by atoms with van der Waals surface area (Å²) < 4.78 is 7.20. The first-order chi connectivity index (χ1) is 15.7. The summed E-state index contributed by atoms with van der Waals surface area (Å²) in [4.78, 5) is 17.0. The van der Waals surface area contributed by atoms with Gasteiger partial charge in [0.25, 0.3) is 0 Å². The van der Waals surface area contributed by atoms with Gasteiger partial charge in [-0.15, -0.1) is 0 Å². The Labute approximate surface area is 188 Å². The highest BCUT2D eigenvalue weighted by Crippen LogP contribution is 2.54. The first kappa shape index (κ1) is 20.3. The highest BCUT2D eigenvalue weighted by molar-refractivity contribution is 5.77. The van der Waals surface area contributed by atoms with E-state index in [2.05, 4.69) is 90.5 Å². The van der Waals surface area contributed by atoms with Gasteiger partial charge in [-0.05, 0) is 22.6 Å². The highest BCUT2D eigenvalue weighted by atomic mass is 16.5. The summed E-state index contributed by atoms with van der Waals surface area (Å²) in [6.45, 7) is 2.09. The zero-order valence-electron chi connectivity index (χ0n) is 18.3. The summed E-state index contributed by atoms with van der Waals surface area (Å²) in [5.74, 6) is 0.0366. The summed E-state index contributed by atoms with van der Waals surface area (Å²) in [6, 6.07) is 31.5. The summed E-state index contributed by atoms with van der Waals surface area (Å²) in [5, 5.41) is 0. The molecule has 5 rings (SSSR count). The molecule has 4 aromatic rings. The number of hydrogen-bond acceptors (Lipinski definition) is 3. The first-order valence-electron chi connectivity index (χ1n) is 11.0. The number of imidazole rings is 1. The van der Waals surface area contributed by atoms with Gasteiger partial charge in [0.05, 0.1) is 25.0 Å². The van der Waals surface area contributed by atoms with Crippen LogP contribution in [0.25, 0.3) is 0 Å². The van der Waals surface area contributed by atoms with Gasteiger partial charge in [-0.2, -0.15) is 0 Å². The van der Waals surface area contributed by atoms with Crippen molar-refractivity contribution >= 4 is 5.97 Å². The van der Waals surface area contributed by atoms with Crippen molar-refractivity contribution < 1.29 is 9.53 Å². The van der Waals surface area contributed by atoms with Gasteiger partial charge >= 0.3 is 5.97 Å². The van der Waals surface area contributed by atoms with Crippen LogP contribution in [0.2, 0.25) is 0 Å². The fourth-order valence-corrected chi connectivity index (χ4v) is 5.09. The zero-order valence-corrected chi connectivity index (χ0v) is 18.3. The maximum Gasteiger partial charge on any atom is 0.309 e. The molecule has 1 unspecified atom stereocenters. The maximum absolute atomic E-state index is 12.2. The fraction of sp³-hybridized carbons (Fsp3) is 0.214. The number of ether oxygens (including phenoxy) is 1. The molecule has 0 aliphatic heterocycles. The van der Waals surface area contributed by atoms with Crippen molar-refractivity contribution in [1.29, 1.82) is 0 Å². The van der Waals surface area contributed by atoms with Crippen LogP contribution in [0.1, 0.15) is 35.2 Å². The number of carbonyl (C=O) groups is 1. The maximum atomic E-state index is 12.2. The van der Waals surface area contributed by atoms with Crippen molar-refractivity contribution in [2.75, 3.05) is 7.11 Å². The molecule has 0 spiro atoms. The number of hydrogen-bond donors (Lipinski definition) is 0. The van der Waals surface area contributed by atoms with Crippen molar-refractivity contribution in [3.8, 4) is 0 Å². The van der Waals surface area contributed by atoms with E-state index in [4.69, 9.17) is 9.72 Å². The van der Waals surface area contributed by atoms with E-state index in [0.29, 0.717) is 0 Å². The van der Waals surface area contributed by atoms with Crippen LogP contribution < -0.4 is 0 Å². The third-order valence-corrected chi connectivity index (χ3v) is 6.76. The second-order valence-electron chi connectivity index (χ2n) is 8.45. The van der Waals surface area contributed by atoms with Crippen LogP contribution in [-0.2, 0) is 15.1 Å². The molecule has 1 aromatic heterocycles. The second-order valence-corrected chi connectivity index (χ2v) is 8.45.